The van der Waals surface area contributed by atoms with Crippen LogP contribution in [0.25, 0.3) is 0 Å². The molecule has 1 aliphatic heterocycles. The summed E-state index contributed by atoms with van der Waals surface area (Å²) < 4.78 is 4.57. The van der Waals surface area contributed by atoms with E-state index in [2.05, 4.69) is 16.0 Å². The quantitative estimate of drug-likeness (QED) is 0.0538. The Morgan fingerprint density at radius 1 is 0.635 bits per heavy atom. The van der Waals surface area contributed by atoms with Gasteiger partial charge in [0, 0.05) is 12.2 Å². The first-order chi connectivity index (χ1) is 30.2. The van der Waals surface area contributed by atoms with Crippen molar-refractivity contribution in [1.29, 1.82) is 0 Å². The van der Waals surface area contributed by atoms with Crippen molar-refractivity contribution in [1.82, 2.24) is 20.9 Å². The predicted octanol–water partition coefficient (Wildman–Crippen LogP) is 4.92. The van der Waals surface area contributed by atoms with Crippen LogP contribution in [0.15, 0.2) is 146 Å². The Bertz CT molecular complexity index is 2310. The van der Waals surface area contributed by atoms with E-state index in [0.29, 0.717) is 5.56 Å². The molecule has 13 nitrogen and oxygen atoms in total. The van der Waals surface area contributed by atoms with Gasteiger partial charge in [0.15, 0.2) is 0 Å². The number of carbonyl (C=O) groups is 7. The SMILES string of the molecule is CC(C)(C)OC(=O)C(CC(N)=O)NC(=O)C(CSC(c1ccccc1)(c1ccccc1)c1ccccc1)NC(=O)CNC(=O)C(Cc1ccccc1)N1C(=O)c2ccccc2C1=O. The molecule has 0 saturated carbocycles. The molecule has 14 heteroatoms. The van der Waals surface area contributed by atoms with Crippen LogP contribution < -0.4 is 21.7 Å². The average molecular weight is 868 g/mol. The van der Waals surface area contributed by atoms with Crippen LogP contribution in [0.1, 0.15) is 70.2 Å². The zero-order chi connectivity index (χ0) is 45.1. The third-order valence-corrected chi connectivity index (χ3v) is 11.8. The van der Waals surface area contributed by atoms with E-state index in [9.17, 15) is 33.6 Å². The largest absolute Gasteiger partial charge is 0.458 e. The maximum Gasteiger partial charge on any atom is 0.329 e. The number of benzene rings is 5. The lowest BCUT2D eigenvalue weighted by Gasteiger charge is -2.36. The number of thioether (sulfide) groups is 1. The summed E-state index contributed by atoms with van der Waals surface area (Å²) in [7, 11) is 0. The third-order valence-electron chi connectivity index (χ3n) is 10.2. The number of amides is 6. The molecule has 1 aliphatic rings. The number of nitrogens with two attached hydrogens (primary N) is 1. The molecule has 5 aromatic carbocycles. The van der Waals surface area contributed by atoms with Crippen molar-refractivity contribution in [2.75, 3.05) is 12.3 Å². The fourth-order valence-corrected chi connectivity index (χ4v) is 8.92. The van der Waals surface area contributed by atoms with Crippen LogP contribution in [0.5, 0.6) is 0 Å². The molecule has 5 aromatic rings. The van der Waals surface area contributed by atoms with E-state index in [1.54, 1.807) is 63.2 Å². The summed E-state index contributed by atoms with van der Waals surface area (Å²) >= 11 is 1.36. The Labute approximate surface area is 370 Å². The summed E-state index contributed by atoms with van der Waals surface area (Å²) in [5.41, 5.74) is 8.17. The summed E-state index contributed by atoms with van der Waals surface area (Å²) in [6, 6.07) is 39.9. The molecule has 3 unspecified atom stereocenters. The van der Waals surface area contributed by atoms with Gasteiger partial charge in [-0.3, -0.25) is 33.7 Å². The van der Waals surface area contributed by atoms with Crippen molar-refractivity contribution < 1.29 is 38.3 Å². The van der Waals surface area contributed by atoms with Gasteiger partial charge in [-0.15, -0.1) is 11.8 Å². The van der Waals surface area contributed by atoms with Crippen LogP contribution in [0.2, 0.25) is 0 Å². The van der Waals surface area contributed by atoms with Gasteiger partial charge in [-0.05, 0) is 55.2 Å². The monoisotopic (exact) mass is 867 g/mol. The van der Waals surface area contributed by atoms with E-state index in [0.717, 1.165) is 21.6 Å². The number of hydrogen-bond acceptors (Lipinski definition) is 9. The second-order valence-electron chi connectivity index (χ2n) is 15.9. The van der Waals surface area contributed by atoms with E-state index < -0.39 is 82.9 Å². The number of carbonyl (C=O) groups excluding carboxylic acids is 7. The Kier molecular flexibility index (Phi) is 14.6. The number of ether oxygens (including phenoxy) is 1. The highest BCUT2D eigenvalue weighted by Crippen LogP contribution is 2.48. The van der Waals surface area contributed by atoms with Crippen LogP contribution in [-0.4, -0.2) is 82.3 Å². The van der Waals surface area contributed by atoms with Gasteiger partial charge in [-0.25, -0.2) is 4.79 Å². The number of fused-ring (bicyclic) bond motifs is 1. The molecule has 0 saturated heterocycles. The third kappa shape index (κ3) is 11.1. The van der Waals surface area contributed by atoms with Crippen molar-refractivity contribution in [2.45, 2.75) is 62.1 Å². The summed E-state index contributed by atoms with van der Waals surface area (Å²) in [6.07, 6.45) is -0.610. The van der Waals surface area contributed by atoms with Crippen molar-refractivity contribution in [3.8, 4) is 0 Å². The van der Waals surface area contributed by atoms with Gasteiger partial charge in [0.05, 0.1) is 28.8 Å². The minimum Gasteiger partial charge on any atom is -0.458 e. The number of imide groups is 1. The predicted molar refractivity (Wildman–Crippen MR) is 239 cm³/mol. The number of primary amides is 1. The first-order valence-electron chi connectivity index (χ1n) is 20.4. The van der Waals surface area contributed by atoms with Gasteiger partial charge in [0.1, 0.15) is 23.7 Å². The zero-order valence-corrected chi connectivity index (χ0v) is 35.9. The number of rotatable bonds is 18. The molecule has 0 fully saturated rings. The number of esters is 1. The molecule has 63 heavy (non-hydrogen) atoms. The van der Waals surface area contributed by atoms with Crippen LogP contribution >= 0.6 is 11.8 Å². The fourth-order valence-electron chi connectivity index (χ4n) is 7.36. The molecule has 1 heterocycles. The Balaban J connectivity index is 1.30. The molecule has 0 radical (unpaired) electrons. The Hall–Kier alpha value is -7.06. The molecule has 0 bridgehead atoms. The molecular weight excluding hydrogens is 819 g/mol. The molecule has 6 rings (SSSR count). The highest BCUT2D eigenvalue weighted by Gasteiger charge is 2.43. The second kappa shape index (κ2) is 20.2. The average Bonchev–Trinajstić information content (AvgIpc) is 3.53. The number of nitrogens with one attached hydrogen (secondary N) is 3. The number of hydrogen-bond donors (Lipinski definition) is 4. The molecule has 0 aromatic heterocycles. The van der Waals surface area contributed by atoms with Crippen LogP contribution in [0, 0.1) is 0 Å². The minimum atomic E-state index is -1.49. The topological polar surface area (TPSA) is 194 Å². The lowest BCUT2D eigenvalue weighted by Crippen LogP contribution is -2.56. The normalized spacial score (nSPS) is 13.9. The highest BCUT2D eigenvalue weighted by atomic mass is 32.2. The van der Waals surface area contributed by atoms with Gasteiger partial charge in [-0.1, -0.05) is 133 Å². The maximum atomic E-state index is 14.4. The zero-order valence-electron chi connectivity index (χ0n) is 35.1. The molecule has 0 aliphatic carbocycles. The molecule has 6 amide bonds. The van der Waals surface area contributed by atoms with Crippen LogP contribution in [-0.2, 0) is 39.9 Å². The Morgan fingerprint density at radius 2 is 1.10 bits per heavy atom. The van der Waals surface area contributed by atoms with Crippen molar-refractivity contribution in [2.24, 2.45) is 5.73 Å². The summed E-state index contributed by atoms with van der Waals surface area (Å²) in [4.78, 5) is 95.9. The van der Waals surface area contributed by atoms with E-state index in [1.807, 2.05) is 91.0 Å². The first kappa shape index (κ1) is 45.5. The molecule has 3 atom stereocenters. The maximum absolute atomic E-state index is 14.4. The molecule has 0 spiro atoms. The van der Waals surface area contributed by atoms with Crippen LogP contribution in [0.4, 0.5) is 0 Å². The summed E-state index contributed by atoms with van der Waals surface area (Å²) in [5, 5.41) is 7.90. The summed E-state index contributed by atoms with van der Waals surface area (Å²) in [6.45, 7) is 4.26. The van der Waals surface area contributed by atoms with Crippen molar-refractivity contribution in [3.63, 3.8) is 0 Å². The van der Waals surface area contributed by atoms with Crippen molar-refractivity contribution in [3.05, 3.63) is 179 Å². The number of nitrogens with zero attached hydrogens (tertiary/aromatic N) is 1. The van der Waals surface area contributed by atoms with Crippen LogP contribution in [0.3, 0.4) is 0 Å². The smallest absolute Gasteiger partial charge is 0.329 e. The first-order valence-corrected chi connectivity index (χ1v) is 21.4. The van der Waals surface area contributed by atoms with Gasteiger partial charge >= 0.3 is 5.97 Å². The highest BCUT2D eigenvalue weighted by molar-refractivity contribution is 8.00. The Morgan fingerprint density at radius 3 is 1.56 bits per heavy atom. The van der Waals surface area contributed by atoms with E-state index in [-0.39, 0.29) is 23.3 Å². The standard InChI is InChI=1S/C49H49N5O8S/c1-48(2,3)62-47(61)38(29-41(50)55)53-43(57)39(31-63-49(33-20-10-5-11-21-33,34-22-12-6-13-23-34)35-24-14-7-15-25-35)52-42(56)30-51-44(58)40(28-32-18-8-4-9-19-32)54-45(59)36-26-16-17-27-37(36)46(54)60/h4-27,38-40H,28-31H2,1-3H3,(H2,50,55)(H,51,58)(H,52,56)(H,53,57). The minimum absolute atomic E-state index is 0.0338. The fraction of sp³-hybridized carbons (Fsp3) is 0.245. The lowest BCUT2D eigenvalue weighted by atomic mass is 9.84. The molecule has 5 N–H and O–H groups in total. The van der Waals surface area contributed by atoms with Gasteiger partial charge in [-0.2, -0.15) is 0 Å². The van der Waals surface area contributed by atoms with E-state index >= 15 is 0 Å². The summed E-state index contributed by atoms with van der Waals surface area (Å²) in [5.74, 6) is -5.53. The van der Waals surface area contributed by atoms with Gasteiger partial charge < -0.3 is 26.4 Å². The second-order valence-corrected chi connectivity index (χ2v) is 17.2. The van der Waals surface area contributed by atoms with Crippen molar-refractivity contribution >= 4 is 53.2 Å². The van der Waals surface area contributed by atoms with E-state index in [4.69, 9.17) is 10.5 Å². The van der Waals surface area contributed by atoms with E-state index in [1.165, 1.54) is 23.9 Å². The van der Waals surface area contributed by atoms with Gasteiger partial charge in [0.25, 0.3) is 11.8 Å². The lowest BCUT2D eigenvalue weighted by molar-refractivity contribution is -0.159. The van der Waals surface area contributed by atoms with Gasteiger partial charge in [0.2, 0.25) is 23.6 Å². The molecule has 324 valence electrons. The molecular formula is C49H49N5O8S.